The number of halogens is 2. The van der Waals surface area contributed by atoms with Gasteiger partial charge in [-0.15, -0.1) is 10.2 Å². The lowest BCUT2D eigenvalue weighted by Gasteiger charge is -2.09. The Kier molecular flexibility index (Phi) is 6.49. The van der Waals surface area contributed by atoms with Crippen molar-refractivity contribution in [1.82, 2.24) is 14.8 Å². The summed E-state index contributed by atoms with van der Waals surface area (Å²) >= 11 is 13.3. The van der Waals surface area contributed by atoms with Gasteiger partial charge in [0.15, 0.2) is 17.1 Å². The van der Waals surface area contributed by atoms with Crippen LogP contribution in [0.5, 0.6) is 0 Å². The van der Waals surface area contributed by atoms with Crippen LogP contribution in [0.4, 0.5) is 0 Å². The quantitative estimate of drug-likeness (QED) is 0.556. The first-order valence-corrected chi connectivity index (χ1v) is 8.81. The largest absolute Gasteiger partial charge is 0.447 e. The first-order chi connectivity index (χ1) is 11.5. The molecular weight excluding hydrogens is 371 g/mol. The van der Waals surface area contributed by atoms with Crippen LogP contribution in [0.25, 0.3) is 11.4 Å². The third-order valence-electron chi connectivity index (χ3n) is 3.01. The van der Waals surface area contributed by atoms with Gasteiger partial charge in [0.05, 0.1) is 10.8 Å². The summed E-state index contributed by atoms with van der Waals surface area (Å²) in [5.41, 5.74) is 0.711. The number of carbonyl (C=O) groups excluding carboxylic acids is 1. The Morgan fingerprint density at radius 3 is 2.83 bits per heavy atom. The highest BCUT2D eigenvalue weighted by atomic mass is 35.5. The minimum atomic E-state index is -0.773. The third-order valence-corrected chi connectivity index (χ3v) is 4.50. The molecule has 0 amide bonds. The average Bonchev–Trinajstić information content (AvgIpc) is 2.95. The molecule has 0 aliphatic carbocycles. The molecule has 0 saturated heterocycles. The van der Waals surface area contributed by atoms with E-state index in [0.29, 0.717) is 33.1 Å². The summed E-state index contributed by atoms with van der Waals surface area (Å²) in [6.07, 6.45) is -0.773. The van der Waals surface area contributed by atoms with Gasteiger partial charge >= 0.3 is 5.97 Å². The number of carbonyl (C=O) groups is 1. The number of nitrogens with zero attached hydrogens (tertiary/aromatic N) is 4. The predicted octanol–water partition coefficient (Wildman–Crippen LogP) is 3.82. The number of benzene rings is 1. The van der Waals surface area contributed by atoms with Crippen molar-refractivity contribution in [3.63, 3.8) is 0 Å². The van der Waals surface area contributed by atoms with E-state index in [0.717, 1.165) is 0 Å². The number of aromatic nitrogens is 3. The second-order valence-corrected chi connectivity index (χ2v) is 6.51. The number of hydrogen-bond donors (Lipinski definition) is 0. The molecule has 1 atom stereocenters. The molecule has 2 aromatic rings. The molecule has 0 saturated carbocycles. The van der Waals surface area contributed by atoms with Crippen molar-refractivity contribution >= 4 is 40.9 Å². The maximum Gasteiger partial charge on any atom is 0.317 e. The smallest absolute Gasteiger partial charge is 0.317 e. The monoisotopic (exact) mass is 384 g/mol. The highest BCUT2D eigenvalue weighted by Crippen LogP contribution is 2.31. The summed E-state index contributed by atoms with van der Waals surface area (Å²) in [5.74, 6) is 0.157. The zero-order chi connectivity index (χ0) is 17.7. The van der Waals surface area contributed by atoms with E-state index >= 15 is 0 Å². The molecule has 2 rings (SSSR count). The molecule has 24 heavy (non-hydrogen) atoms. The molecule has 126 valence electrons. The van der Waals surface area contributed by atoms with E-state index in [9.17, 15) is 4.79 Å². The molecule has 0 unspecified atom stereocenters. The maximum absolute atomic E-state index is 11.7. The molecule has 0 N–H and O–H groups in total. The van der Waals surface area contributed by atoms with E-state index in [-0.39, 0.29) is 5.75 Å². The van der Waals surface area contributed by atoms with Crippen molar-refractivity contribution in [3.05, 3.63) is 28.2 Å². The fraction of sp³-hybridized carbons (Fsp3) is 0.333. The van der Waals surface area contributed by atoms with Crippen molar-refractivity contribution < 1.29 is 9.53 Å². The lowest BCUT2D eigenvalue weighted by molar-refractivity contribution is -0.142. The lowest BCUT2D eigenvalue weighted by atomic mass is 10.2. The number of esters is 1. The first kappa shape index (κ1) is 18.6. The van der Waals surface area contributed by atoms with Crippen LogP contribution in [0.15, 0.2) is 23.4 Å². The molecule has 9 heteroatoms. The van der Waals surface area contributed by atoms with Crippen molar-refractivity contribution in [2.75, 3.05) is 5.75 Å². The molecule has 0 aliphatic rings. The lowest BCUT2D eigenvalue weighted by Crippen LogP contribution is -2.15. The Morgan fingerprint density at radius 1 is 1.46 bits per heavy atom. The van der Waals surface area contributed by atoms with Gasteiger partial charge in [-0.1, -0.05) is 35.0 Å². The average molecular weight is 385 g/mol. The highest BCUT2D eigenvalue weighted by molar-refractivity contribution is 7.99. The molecule has 0 spiro atoms. The second kappa shape index (κ2) is 8.38. The Balaban J connectivity index is 2.18. The van der Waals surface area contributed by atoms with Gasteiger partial charge in [-0.3, -0.25) is 4.79 Å². The van der Waals surface area contributed by atoms with E-state index in [2.05, 4.69) is 10.2 Å². The molecule has 1 heterocycles. The Labute approximate surface area is 153 Å². The Hall–Kier alpha value is -1.75. The van der Waals surface area contributed by atoms with E-state index in [1.165, 1.54) is 18.7 Å². The number of rotatable bonds is 6. The number of thioether (sulfide) groups is 1. The van der Waals surface area contributed by atoms with Crippen LogP contribution >= 0.6 is 35.0 Å². The number of nitriles is 1. The number of hydrogen-bond acceptors (Lipinski definition) is 6. The second-order valence-electron chi connectivity index (χ2n) is 4.72. The standard InChI is InChI=1S/C15H14Cl2N4O2S/c1-3-21-14(11-5-4-10(16)6-12(11)17)19-20-15(21)24-8-13(22)23-9(2)7-18/h4-6,9H,3,8H2,1-2H3/t9-/m1/s1. The van der Waals surface area contributed by atoms with Gasteiger partial charge in [-0.2, -0.15) is 5.26 Å². The van der Waals surface area contributed by atoms with Crippen molar-refractivity contribution in [3.8, 4) is 17.5 Å². The molecule has 1 aromatic heterocycles. The minimum Gasteiger partial charge on any atom is -0.447 e. The Bertz CT molecular complexity index is 788. The van der Waals surface area contributed by atoms with Crippen LogP contribution in [0.3, 0.4) is 0 Å². The van der Waals surface area contributed by atoms with Gasteiger partial charge in [-0.25, -0.2) is 0 Å². The van der Waals surface area contributed by atoms with Gasteiger partial charge in [0.25, 0.3) is 0 Å². The summed E-state index contributed by atoms with van der Waals surface area (Å²) in [6.45, 7) is 4.06. The fourth-order valence-corrected chi connectivity index (χ4v) is 3.21. The van der Waals surface area contributed by atoms with Crippen molar-refractivity contribution in [2.45, 2.75) is 31.7 Å². The van der Waals surface area contributed by atoms with E-state index in [1.807, 2.05) is 17.6 Å². The van der Waals surface area contributed by atoms with Gasteiger partial charge in [0, 0.05) is 17.1 Å². The summed E-state index contributed by atoms with van der Waals surface area (Å²) in [6, 6.07) is 6.98. The normalized spacial score (nSPS) is 11.8. The first-order valence-electron chi connectivity index (χ1n) is 7.06. The fourth-order valence-electron chi connectivity index (χ4n) is 1.93. The molecule has 1 aromatic carbocycles. The molecule has 0 bridgehead atoms. The zero-order valence-electron chi connectivity index (χ0n) is 13.0. The Morgan fingerprint density at radius 2 is 2.21 bits per heavy atom. The van der Waals surface area contributed by atoms with Crippen LogP contribution in [0.2, 0.25) is 10.0 Å². The van der Waals surface area contributed by atoms with E-state index in [1.54, 1.807) is 18.2 Å². The van der Waals surface area contributed by atoms with E-state index < -0.39 is 12.1 Å². The predicted molar refractivity (Wildman–Crippen MR) is 93.0 cm³/mol. The maximum atomic E-state index is 11.7. The van der Waals surface area contributed by atoms with Gasteiger partial charge in [0.1, 0.15) is 6.07 Å². The van der Waals surface area contributed by atoms with Crippen molar-refractivity contribution in [2.24, 2.45) is 0 Å². The molecular formula is C15H14Cl2N4O2S. The third kappa shape index (κ3) is 4.41. The molecule has 0 fully saturated rings. The topological polar surface area (TPSA) is 80.8 Å². The van der Waals surface area contributed by atoms with Crippen molar-refractivity contribution in [1.29, 1.82) is 5.26 Å². The zero-order valence-corrected chi connectivity index (χ0v) is 15.3. The van der Waals surface area contributed by atoms with Crippen LogP contribution in [0, 0.1) is 11.3 Å². The van der Waals surface area contributed by atoms with Gasteiger partial charge < -0.3 is 9.30 Å². The van der Waals surface area contributed by atoms with Crippen LogP contribution in [0.1, 0.15) is 13.8 Å². The summed E-state index contributed by atoms with van der Waals surface area (Å²) < 4.78 is 6.75. The molecule has 0 radical (unpaired) electrons. The highest BCUT2D eigenvalue weighted by Gasteiger charge is 2.17. The van der Waals surface area contributed by atoms with Gasteiger partial charge in [0.2, 0.25) is 0 Å². The summed E-state index contributed by atoms with van der Waals surface area (Å²) in [5, 5.41) is 18.5. The van der Waals surface area contributed by atoms with E-state index in [4.69, 9.17) is 33.2 Å². The minimum absolute atomic E-state index is 0.0402. The summed E-state index contributed by atoms with van der Waals surface area (Å²) in [4.78, 5) is 11.7. The SMILES string of the molecule is CCn1c(SCC(=O)O[C@H](C)C#N)nnc1-c1ccc(Cl)cc1Cl. The van der Waals surface area contributed by atoms with Crippen LogP contribution in [-0.4, -0.2) is 32.6 Å². The van der Waals surface area contributed by atoms with Crippen LogP contribution in [-0.2, 0) is 16.1 Å². The number of ether oxygens (including phenoxy) is 1. The molecule has 6 nitrogen and oxygen atoms in total. The van der Waals surface area contributed by atoms with Gasteiger partial charge in [-0.05, 0) is 32.0 Å². The molecule has 0 aliphatic heterocycles. The van der Waals surface area contributed by atoms with Crippen LogP contribution < -0.4 is 0 Å². The summed E-state index contributed by atoms with van der Waals surface area (Å²) in [7, 11) is 0.